The maximum atomic E-state index is 12.2. The molecule has 1 unspecified atom stereocenters. The minimum atomic E-state index is -1.18. The van der Waals surface area contributed by atoms with Crippen molar-refractivity contribution in [2.45, 2.75) is 32.4 Å². The Bertz CT molecular complexity index is 731. The molecule has 1 N–H and O–H groups in total. The number of ether oxygens (including phenoxy) is 1. The average Bonchev–Trinajstić information content (AvgIpc) is 2.45. The number of carboxylic acids is 1. The molecule has 2 aromatic rings. The Labute approximate surface area is 134 Å². The average molecular weight is 316 g/mol. The summed E-state index contributed by atoms with van der Waals surface area (Å²) in [6.45, 7) is 5.19. The Balaban J connectivity index is 2.45. The van der Waals surface area contributed by atoms with Crippen molar-refractivity contribution in [1.29, 1.82) is 0 Å². The molecule has 0 aliphatic carbocycles. The molecule has 0 spiro atoms. The highest BCUT2D eigenvalue weighted by Gasteiger charge is 2.32. The van der Waals surface area contributed by atoms with Gasteiger partial charge in [0, 0.05) is 30.4 Å². The van der Waals surface area contributed by atoms with E-state index >= 15 is 0 Å². The highest BCUT2D eigenvalue weighted by Crippen LogP contribution is 2.28. The molecule has 0 radical (unpaired) electrons. The third-order valence-corrected chi connectivity index (χ3v) is 3.30. The summed E-state index contributed by atoms with van der Waals surface area (Å²) < 4.78 is 5.27. The molecular formula is C17H20N2O4. The van der Waals surface area contributed by atoms with E-state index in [0.29, 0.717) is 5.56 Å². The predicted molar refractivity (Wildman–Crippen MR) is 86.1 cm³/mol. The van der Waals surface area contributed by atoms with Crippen molar-refractivity contribution in [3.63, 3.8) is 0 Å². The largest absolute Gasteiger partial charge is 0.479 e. The van der Waals surface area contributed by atoms with Gasteiger partial charge in [0.15, 0.2) is 6.04 Å². The van der Waals surface area contributed by atoms with E-state index in [1.165, 1.54) is 13.2 Å². The topological polar surface area (TPSA) is 79.7 Å². The normalized spacial score (nSPS) is 12.7. The summed E-state index contributed by atoms with van der Waals surface area (Å²) >= 11 is 0. The van der Waals surface area contributed by atoms with E-state index in [4.69, 9.17) is 4.74 Å². The molecule has 0 aliphatic rings. The lowest BCUT2D eigenvalue weighted by Crippen LogP contribution is -2.39. The maximum Gasteiger partial charge on any atom is 0.411 e. The minimum absolute atomic E-state index is 0.448. The number of carboxylic acid groups (broad SMARTS) is 1. The molecule has 0 saturated carbocycles. The highest BCUT2D eigenvalue weighted by molar-refractivity contribution is 5.91. The van der Waals surface area contributed by atoms with Crippen molar-refractivity contribution in [2.75, 3.05) is 7.05 Å². The molecule has 6 heteroatoms. The number of nitrogens with zero attached hydrogens (tertiary/aromatic N) is 2. The lowest BCUT2D eigenvalue weighted by molar-refractivity contribution is -0.142. The second kappa shape index (κ2) is 6.24. The van der Waals surface area contributed by atoms with Gasteiger partial charge in [-0.15, -0.1) is 0 Å². The molecular weight excluding hydrogens is 296 g/mol. The Morgan fingerprint density at radius 1 is 1.22 bits per heavy atom. The number of hydrogen-bond donors (Lipinski definition) is 1. The van der Waals surface area contributed by atoms with Gasteiger partial charge < -0.3 is 9.84 Å². The fourth-order valence-corrected chi connectivity index (χ4v) is 2.30. The number of aromatic nitrogens is 1. The van der Waals surface area contributed by atoms with Crippen LogP contribution in [0.25, 0.3) is 10.8 Å². The van der Waals surface area contributed by atoms with Gasteiger partial charge in [0.2, 0.25) is 0 Å². The summed E-state index contributed by atoms with van der Waals surface area (Å²) in [4.78, 5) is 29.2. The molecule has 122 valence electrons. The van der Waals surface area contributed by atoms with E-state index in [1.54, 1.807) is 27.0 Å². The zero-order chi connectivity index (χ0) is 17.2. The first-order valence-electron chi connectivity index (χ1n) is 7.22. The number of fused-ring (bicyclic) bond motifs is 1. The van der Waals surface area contributed by atoms with Gasteiger partial charge in [-0.2, -0.15) is 0 Å². The lowest BCUT2D eigenvalue weighted by atomic mass is 10.0. The molecule has 1 atom stereocenters. The van der Waals surface area contributed by atoms with Crippen LogP contribution in [0.4, 0.5) is 4.79 Å². The highest BCUT2D eigenvalue weighted by atomic mass is 16.6. The van der Waals surface area contributed by atoms with Crippen LogP contribution in [-0.2, 0) is 9.53 Å². The van der Waals surface area contributed by atoms with Gasteiger partial charge in [0.25, 0.3) is 0 Å². The molecule has 1 aromatic carbocycles. The SMILES string of the molecule is CN(C(=O)OC(C)(C)C)C(C(=O)O)c1cncc2ccccc12. The van der Waals surface area contributed by atoms with Crippen LogP contribution in [0.3, 0.4) is 0 Å². The van der Waals surface area contributed by atoms with Crippen LogP contribution in [0, 0.1) is 0 Å². The minimum Gasteiger partial charge on any atom is -0.479 e. The van der Waals surface area contributed by atoms with Crippen LogP contribution < -0.4 is 0 Å². The molecule has 0 aliphatic heterocycles. The van der Waals surface area contributed by atoms with Crippen molar-refractivity contribution >= 4 is 22.8 Å². The first-order valence-corrected chi connectivity index (χ1v) is 7.22. The number of amides is 1. The molecule has 1 heterocycles. The zero-order valence-electron chi connectivity index (χ0n) is 13.6. The Morgan fingerprint density at radius 3 is 2.48 bits per heavy atom. The third-order valence-electron chi connectivity index (χ3n) is 3.30. The molecule has 0 fully saturated rings. The Hall–Kier alpha value is -2.63. The van der Waals surface area contributed by atoms with E-state index in [9.17, 15) is 14.7 Å². The van der Waals surface area contributed by atoms with Gasteiger partial charge in [-0.25, -0.2) is 9.59 Å². The van der Waals surface area contributed by atoms with Crippen LogP contribution in [-0.4, -0.2) is 39.7 Å². The first kappa shape index (κ1) is 16.7. The van der Waals surface area contributed by atoms with Crippen LogP contribution in [0.2, 0.25) is 0 Å². The van der Waals surface area contributed by atoms with Gasteiger partial charge in [-0.05, 0) is 26.2 Å². The number of pyridine rings is 1. The monoisotopic (exact) mass is 316 g/mol. The van der Waals surface area contributed by atoms with E-state index in [2.05, 4.69) is 4.98 Å². The number of aliphatic carboxylic acids is 1. The maximum absolute atomic E-state index is 12.2. The molecule has 1 aromatic heterocycles. The summed E-state index contributed by atoms with van der Waals surface area (Å²) in [5.74, 6) is -1.14. The van der Waals surface area contributed by atoms with Crippen molar-refractivity contribution in [1.82, 2.24) is 9.88 Å². The summed E-state index contributed by atoms with van der Waals surface area (Å²) in [7, 11) is 1.41. The summed E-state index contributed by atoms with van der Waals surface area (Å²) in [6.07, 6.45) is 2.44. The summed E-state index contributed by atoms with van der Waals surface area (Å²) in [5, 5.41) is 11.2. The van der Waals surface area contributed by atoms with Crippen LogP contribution >= 0.6 is 0 Å². The molecule has 0 bridgehead atoms. The van der Waals surface area contributed by atoms with E-state index in [0.717, 1.165) is 15.7 Å². The molecule has 2 rings (SSSR count). The fraction of sp³-hybridized carbons (Fsp3) is 0.353. The van der Waals surface area contributed by atoms with Gasteiger partial charge in [0.05, 0.1) is 0 Å². The Morgan fingerprint density at radius 2 is 1.87 bits per heavy atom. The number of likely N-dealkylation sites (N-methyl/N-ethyl adjacent to an activating group) is 1. The van der Waals surface area contributed by atoms with Crippen LogP contribution in [0.1, 0.15) is 32.4 Å². The van der Waals surface area contributed by atoms with E-state index in [-0.39, 0.29) is 0 Å². The van der Waals surface area contributed by atoms with Crippen molar-refractivity contribution < 1.29 is 19.4 Å². The molecule has 6 nitrogen and oxygen atoms in total. The second-order valence-electron chi connectivity index (χ2n) is 6.28. The standard InChI is InChI=1S/C17H20N2O4/c1-17(2,3)23-16(22)19(4)14(15(20)21)13-10-18-9-11-7-5-6-8-12(11)13/h5-10,14H,1-4H3,(H,20,21). The quantitative estimate of drug-likeness (QED) is 0.940. The van der Waals surface area contributed by atoms with Crippen LogP contribution in [0.15, 0.2) is 36.7 Å². The lowest BCUT2D eigenvalue weighted by Gasteiger charge is -2.29. The predicted octanol–water partition coefficient (Wildman–Crippen LogP) is 3.23. The molecule has 1 amide bonds. The van der Waals surface area contributed by atoms with Crippen LogP contribution in [0.5, 0.6) is 0 Å². The van der Waals surface area contributed by atoms with E-state index in [1.807, 2.05) is 24.3 Å². The van der Waals surface area contributed by atoms with Crippen molar-refractivity contribution in [3.05, 3.63) is 42.2 Å². The fourth-order valence-electron chi connectivity index (χ4n) is 2.30. The number of hydrogen-bond acceptors (Lipinski definition) is 4. The van der Waals surface area contributed by atoms with Gasteiger partial charge in [0.1, 0.15) is 5.60 Å². The second-order valence-corrected chi connectivity index (χ2v) is 6.28. The van der Waals surface area contributed by atoms with E-state index < -0.39 is 23.7 Å². The molecule has 23 heavy (non-hydrogen) atoms. The van der Waals surface area contributed by atoms with Gasteiger partial charge in [-0.3, -0.25) is 9.88 Å². The van der Waals surface area contributed by atoms with Crippen molar-refractivity contribution in [3.8, 4) is 0 Å². The van der Waals surface area contributed by atoms with Gasteiger partial charge >= 0.3 is 12.1 Å². The summed E-state index contributed by atoms with van der Waals surface area (Å²) in [6, 6.07) is 6.14. The first-order chi connectivity index (χ1) is 10.7. The Kier molecular flexibility index (Phi) is 4.54. The third kappa shape index (κ3) is 3.77. The number of benzene rings is 1. The number of carbonyl (C=O) groups excluding carboxylic acids is 1. The number of rotatable bonds is 3. The summed E-state index contributed by atoms with van der Waals surface area (Å²) in [5.41, 5.74) is -0.255. The zero-order valence-corrected chi connectivity index (χ0v) is 13.6. The smallest absolute Gasteiger partial charge is 0.411 e. The molecule has 0 saturated heterocycles. The number of carbonyl (C=O) groups is 2. The van der Waals surface area contributed by atoms with Crippen molar-refractivity contribution in [2.24, 2.45) is 0 Å². The van der Waals surface area contributed by atoms with Gasteiger partial charge in [-0.1, -0.05) is 24.3 Å².